The number of hydrogen-bond donors (Lipinski definition) is 0. The van der Waals surface area contributed by atoms with E-state index in [0.29, 0.717) is 5.13 Å². The molecule has 1 heterocycles. The van der Waals surface area contributed by atoms with Gasteiger partial charge in [-0.1, -0.05) is 72.0 Å². The Kier molecular flexibility index (Phi) is 3.42. The third-order valence-electron chi connectivity index (χ3n) is 2.56. The molecule has 0 saturated carbocycles. The summed E-state index contributed by atoms with van der Waals surface area (Å²) in [7, 11) is 0. The molecule has 0 atom stereocenters. The first-order valence-corrected chi connectivity index (χ1v) is 6.71. The molecule has 0 amide bonds. The van der Waals surface area contributed by atoms with Crippen LogP contribution in [0.3, 0.4) is 0 Å². The minimum Gasteiger partial charge on any atom is -0.226 e. The van der Waals surface area contributed by atoms with Crippen molar-refractivity contribution in [3.05, 3.63) is 66.2 Å². The Bertz CT molecular complexity index is 675. The molecule has 0 fully saturated rings. The summed E-state index contributed by atoms with van der Waals surface area (Å²) in [5.74, 6) is 0. The van der Waals surface area contributed by atoms with Gasteiger partial charge in [-0.05, 0) is 5.56 Å². The highest BCUT2D eigenvalue weighted by molar-refractivity contribution is 7.18. The summed E-state index contributed by atoms with van der Waals surface area (Å²) >= 11 is 1.49. The van der Waals surface area contributed by atoms with Gasteiger partial charge in [0.15, 0.2) is 0 Å². The van der Waals surface area contributed by atoms with Crippen molar-refractivity contribution in [2.45, 2.75) is 0 Å². The van der Waals surface area contributed by atoms with Crippen molar-refractivity contribution < 1.29 is 0 Å². The first-order valence-electron chi connectivity index (χ1n) is 5.90. The topological polar surface area (TPSA) is 38.1 Å². The highest BCUT2D eigenvalue weighted by atomic mass is 32.1. The molecular formula is C15H11N3S. The van der Waals surface area contributed by atoms with Gasteiger partial charge in [0.2, 0.25) is 5.13 Å². The van der Waals surface area contributed by atoms with Crippen molar-refractivity contribution in [2.24, 2.45) is 4.99 Å². The second-order valence-corrected chi connectivity index (χ2v) is 4.88. The Balaban J connectivity index is 1.81. The van der Waals surface area contributed by atoms with Gasteiger partial charge < -0.3 is 0 Å². The summed E-state index contributed by atoms with van der Waals surface area (Å²) in [6, 6.07) is 20.0. The fourth-order valence-corrected chi connectivity index (χ4v) is 2.33. The Hall–Kier alpha value is -2.33. The Morgan fingerprint density at radius 1 is 0.842 bits per heavy atom. The fraction of sp³-hybridized carbons (Fsp3) is 0. The molecule has 0 aliphatic heterocycles. The molecule has 3 rings (SSSR count). The third kappa shape index (κ3) is 2.92. The van der Waals surface area contributed by atoms with Gasteiger partial charge in [0, 0.05) is 11.8 Å². The maximum atomic E-state index is 4.34. The third-order valence-corrected chi connectivity index (χ3v) is 3.44. The van der Waals surface area contributed by atoms with Gasteiger partial charge in [-0.15, -0.1) is 10.2 Å². The number of rotatable bonds is 3. The van der Waals surface area contributed by atoms with Gasteiger partial charge in [-0.2, -0.15) is 0 Å². The van der Waals surface area contributed by atoms with E-state index in [4.69, 9.17) is 0 Å². The van der Waals surface area contributed by atoms with E-state index < -0.39 is 0 Å². The van der Waals surface area contributed by atoms with E-state index in [2.05, 4.69) is 15.2 Å². The Morgan fingerprint density at radius 2 is 1.53 bits per heavy atom. The molecule has 2 aromatic carbocycles. The highest BCUT2D eigenvalue weighted by Crippen LogP contribution is 2.27. The predicted molar refractivity (Wildman–Crippen MR) is 79.0 cm³/mol. The monoisotopic (exact) mass is 265 g/mol. The van der Waals surface area contributed by atoms with Gasteiger partial charge in [0.25, 0.3) is 0 Å². The molecule has 0 aliphatic carbocycles. The Labute approximate surface area is 115 Å². The molecule has 3 nitrogen and oxygen atoms in total. The number of nitrogens with zero attached hydrogens (tertiary/aromatic N) is 3. The highest BCUT2D eigenvalue weighted by Gasteiger charge is 2.04. The van der Waals surface area contributed by atoms with Gasteiger partial charge in [-0.25, -0.2) is 4.99 Å². The lowest BCUT2D eigenvalue weighted by molar-refractivity contribution is 1.09. The van der Waals surface area contributed by atoms with E-state index in [1.165, 1.54) is 11.3 Å². The van der Waals surface area contributed by atoms with Gasteiger partial charge in [-0.3, -0.25) is 0 Å². The van der Waals surface area contributed by atoms with Crippen LogP contribution in [0, 0.1) is 0 Å². The van der Waals surface area contributed by atoms with Crippen LogP contribution in [0.5, 0.6) is 0 Å². The fourth-order valence-electron chi connectivity index (χ4n) is 1.63. The predicted octanol–water partition coefficient (Wildman–Crippen LogP) is 3.96. The zero-order valence-corrected chi connectivity index (χ0v) is 10.9. The van der Waals surface area contributed by atoms with Gasteiger partial charge >= 0.3 is 0 Å². The van der Waals surface area contributed by atoms with Crippen LogP contribution >= 0.6 is 11.3 Å². The van der Waals surface area contributed by atoms with Crippen molar-refractivity contribution in [2.75, 3.05) is 0 Å². The first kappa shape index (κ1) is 11.7. The van der Waals surface area contributed by atoms with Crippen molar-refractivity contribution in [1.29, 1.82) is 0 Å². The molecule has 3 aromatic rings. The van der Waals surface area contributed by atoms with Gasteiger partial charge in [0.05, 0.1) is 0 Å². The van der Waals surface area contributed by atoms with Crippen molar-refractivity contribution in [3.63, 3.8) is 0 Å². The zero-order chi connectivity index (χ0) is 12.9. The smallest absolute Gasteiger partial charge is 0.226 e. The lowest BCUT2D eigenvalue weighted by atomic mass is 10.2. The quantitative estimate of drug-likeness (QED) is 0.672. The standard InChI is InChI=1S/C15H11N3S/c1-3-7-12(8-4-1)11-16-15-18-17-14(19-15)13-9-5-2-6-10-13/h1-11H/b16-11+. The number of aromatic nitrogens is 2. The molecule has 0 unspecified atom stereocenters. The van der Waals surface area contributed by atoms with Crippen LogP contribution in [-0.4, -0.2) is 16.4 Å². The number of benzene rings is 2. The van der Waals surface area contributed by atoms with Crippen LogP contribution in [0.15, 0.2) is 65.7 Å². The normalized spacial score (nSPS) is 10.9. The average molecular weight is 265 g/mol. The zero-order valence-electron chi connectivity index (χ0n) is 10.1. The summed E-state index contributed by atoms with van der Waals surface area (Å²) in [5.41, 5.74) is 2.13. The molecule has 0 bridgehead atoms. The summed E-state index contributed by atoms with van der Waals surface area (Å²) in [6.07, 6.45) is 1.80. The SMILES string of the molecule is C(=N\c1nnc(-c2ccccc2)s1)/c1ccccc1. The van der Waals surface area contributed by atoms with E-state index in [1.54, 1.807) is 6.21 Å². The van der Waals surface area contributed by atoms with Crippen LogP contribution in [-0.2, 0) is 0 Å². The summed E-state index contributed by atoms with van der Waals surface area (Å²) in [6.45, 7) is 0. The molecule has 19 heavy (non-hydrogen) atoms. The first-order chi connectivity index (χ1) is 9.42. The van der Waals surface area contributed by atoms with Gasteiger partial charge in [0.1, 0.15) is 5.01 Å². The van der Waals surface area contributed by atoms with Crippen molar-refractivity contribution >= 4 is 22.7 Å². The number of hydrogen-bond acceptors (Lipinski definition) is 4. The van der Waals surface area contributed by atoms with Crippen LogP contribution in [0.25, 0.3) is 10.6 Å². The molecule has 4 heteroatoms. The molecule has 0 aliphatic rings. The van der Waals surface area contributed by atoms with Crippen molar-refractivity contribution in [1.82, 2.24) is 10.2 Å². The lowest BCUT2D eigenvalue weighted by Gasteiger charge is -1.91. The summed E-state index contributed by atoms with van der Waals surface area (Å²) in [5, 5.41) is 9.79. The molecule has 0 N–H and O–H groups in total. The van der Waals surface area contributed by atoms with Crippen LogP contribution in [0.2, 0.25) is 0 Å². The van der Waals surface area contributed by atoms with Crippen LogP contribution in [0.1, 0.15) is 5.56 Å². The van der Waals surface area contributed by atoms with Crippen LogP contribution < -0.4 is 0 Å². The van der Waals surface area contributed by atoms with E-state index in [1.807, 2.05) is 60.7 Å². The molecule has 0 spiro atoms. The second kappa shape index (κ2) is 5.54. The van der Waals surface area contributed by atoms with Crippen LogP contribution in [0.4, 0.5) is 5.13 Å². The summed E-state index contributed by atoms with van der Waals surface area (Å²) in [4.78, 5) is 4.34. The maximum Gasteiger partial charge on any atom is 0.231 e. The maximum absolute atomic E-state index is 4.34. The summed E-state index contributed by atoms with van der Waals surface area (Å²) < 4.78 is 0. The Morgan fingerprint density at radius 3 is 2.26 bits per heavy atom. The van der Waals surface area contributed by atoms with Crippen molar-refractivity contribution in [3.8, 4) is 10.6 Å². The molecule has 0 saturated heterocycles. The van der Waals surface area contributed by atoms with E-state index in [-0.39, 0.29) is 0 Å². The molecule has 92 valence electrons. The largest absolute Gasteiger partial charge is 0.231 e. The molecule has 0 radical (unpaired) electrons. The lowest BCUT2D eigenvalue weighted by Crippen LogP contribution is -1.77. The van der Waals surface area contributed by atoms with E-state index >= 15 is 0 Å². The molecule has 1 aromatic heterocycles. The van der Waals surface area contributed by atoms with E-state index in [9.17, 15) is 0 Å². The minimum absolute atomic E-state index is 0.669. The molecular weight excluding hydrogens is 254 g/mol. The second-order valence-electron chi connectivity index (χ2n) is 3.92. The average Bonchev–Trinajstić information content (AvgIpc) is 2.96. The number of aliphatic imine (C=N–C) groups is 1. The van der Waals surface area contributed by atoms with E-state index in [0.717, 1.165) is 16.1 Å². The minimum atomic E-state index is 0.669.